The number of amides is 1. The molecule has 1 unspecified atom stereocenters. The van der Waals surface area contributed by atoms with E-state index >= 15 is 0 Å². The van der Waals surface area contributed by atoms with Gasteiger partial charge in [-0.05, 0) is 44.5 Å². The minimum atomic E-state index is -0.0577. The lowest BCUT2D eigenvalue weighted by Crippen LogP contribution is -2.42. The van der Waals surface area contributed by atoms with Gasteiger partial charge in [0.05, 0.1) is 0 Å². The first-order chi connectivity index (χ1) is 12.0. The zero-order valence-electron chi connectivity index (χ0n) is 16.6. The standard InChI is InChI=1S/C19H33N5O.HI/c1-6-15(2)24(5)13-12-23-19(21-4)22-11-10-16-8-7-9-17(14-16)18(25)20-3;/h7-9,14-15H,6,10-13H2,1-5H3,(H,20,25)(H2,21,22,23);1H. The van der Waals surface area contributed by atoms with Gasteiger partial charge in [-0.1, -0.05) is 19.1 Å². The predicted octanol–water partition coefficient (Wildman–Crippen LogP) is 2.10. The van der Waals surface area contributed by atoms with Gasteiger partial charge in [-0.15, -0.1) is 24.0 Å². The monoisotopic (exact) mass is 475 g/mol. The third-order valence-corrected chi connectivity index (χ3v) is 4.45. The molecular weight excluding hydrogens is 441 g/mol. The molecule has 0 aliphatic carbocycles. The van der Waals surface area contributed by atoms with E-state index in [4.69, 9.17) is 0 Å². The summed E-state index contributed by atoms with van der Waals surface area (Å²) in [5.74, 6) is 0.748. The molecular formula is C19H34IN5O. The lowest BCUT2D eigenvalue weighted by atomic mass is 10.1. The van der Waals surface area contributed by atoms with Gasteiger partial charge in [-0.25, -0.2) is 0 Å². The Kier molecular flexibility index (Phi) is 13.1. The van der Waals surface area contributed by atoms with E-state index in [2.05, 4.69) is 46.7 Å². The Morgan fingerprint density at radius 1 is 1.27 bits per heavy atom. The highest BCUT2D eigenvalue weighted by molar-refractivity contribution is 14.0. The number of halogens is 1. The van der Waals surface area contributed by atoms with E-state index in [1.54, 1.807) is 14.1 Å². The molecule has 0 aromatic heterocycles. The maximum atomic E-state index is 11.7. The third-order valence-electron chi connectivity index (χ3n) is 4.45. The summed E-state index contributed by atoms with van der Waals surface area (Å²) in [5, 5.41) is 9.30. The average molecular weight is 475 g/mol. The smallest absolute Gasteiger partial charge is 0.251 e. The molecule has 0 saturated heterocycles. The second kappa shape index (κ2) is 13.8. The van der Waals surface area contributed by atoms with Crippen molar-refractivity contribution in [3.05, 3.63) is 35.4 Å². The number of aliphatic imine (C=N–C) groups is 1. The molecule has 0 heterocycles. The van der Waals surface area contributed by atoms with Crippen LogP contribution in [0, 0.1) is 0 Å². The number of hydrogen-bond donors (Lipinski definition) is 3. The van der Waals surface area contributed by atoms with E-state index in [1.165, 1.54) is 0 Å². The second-order valence-electron chi connectivity index (χ2n) is 6.19. The van der Waals surface area contributed by atoms with Gasteiger partial charge < -0.3 is 20.9 Å². The zero-order valence-corrected chi connectivity index (χ0v) is 19.0. The number of nitrogens with zero attached hydrogens (tertiary/aromatic N) is 2. The number of likely N-dealkylation sites (N-methyl/N-ethyl adjacent to an activating group) is 1. The Morgan fingerprint density at radius 2 is 1.96 bits per heavy atom. The highest BCUT2D eigenvalue weighted by atomic mass is 127. The van der Waals surface area contributed by atoms with Crippen molar-refractivity contribution in [3.63, 3.8) is 0 Å². The number of carbonyl (C=O) groups is 1. The van der Waals surface area contributed by atoms with Crippen LogP contribution in [0.15, 0.2) is 29.3 Å². The Labute approximate surface area is 175 Å². The summed E-state index contributed by atoms with van der Waals surface area (Å²) < 4.78 is 0. The molecule has 0 radical (unpaired) electrons. The van der Waals surface area contributed by atoms with Gasteiger partial charge in [-0.2, -0.15) is 0 Å². The first-order valence-electron chi connectivity index (χ1n) is 8.97. The number of carbonyl (C=O) groups excluding carboxylic acids is 1. The van der Waals surface area contributed by atoms with Crippen molar-refractivity contribution in [1.29, 1.82) is 0 Å². The molecule has 1 rings (SSSR count). The topological polar surface area (TPSA) is 68.8 Å². The molecule has 0 fully saturated rings. The molecule has 7 heteroatoms. The SMILES string of the molecule is CCC(C)N(C)CCNC(=NC)NCCc1cccc(C(=O)NC)c1.I. The van der Waals surface area contributed by atoms with Crippen LogP contribution in [0.3, 0.4) is 0 Å². The lowest BCUT2D eigenvalue weighted by molar-refractivity contribution is 0.0963. The maximum Gasteiger partial charge on any atom is 0.251 e. The van der Waals surface area contributed by atoms with Gasteiger partial charge >= 0.3 is 0 Å². The van der Waals surface area contributed by atoms with Crippen LogP contribution >= 0.6 is 24.0 Å². The van der Waals surface area contributed by atoms with E-state index in [1.807, 2.05) is 24.3 Å². The number of rotatable bonds is 9. The number of guanidine groups is 1. The van der Waals surface area contributed by atoms with Crippen molar-refractivity contribution in [2.45, 2.75) is 32.7 Å². The van der Waals surface area contributed by atoms with Crippen LogP contribution in [-0.2, 0) is 6.42 Å². The van der Waals surface area contributed by atoms with E-state index in [0.29, 0.717) is 11.6 Å². The van der Waals surface area contributed by atoms with E-state index in [0.717, 1.165) is 44.0 Å². The van der Waals surface area contributed by atoms with E-state index in [9.17, 15) is 4.79 Å². The van der Waals surface area contributed by atoms with Crippen molar-refractivity contribution < 1.29 is 4.79 Å². The summed E-state index contributed by atoms with van der Waals surface area (Å²) >= 11 is 0. The highest BCUT2D eigenvalue weighted by Gasteiger charge is 2.07. The van der Waals surface area contributed by atoms with E-state index < -0.39 is 0 Å². The van der Waals surface area contributed by atoms with Gasteiger partial charge in [0.25, 0.3) is 5.91 Å². The summed E-state index contributed by atoms with van der Waals surface area (Å²) in [7, 11) is 5.57. The molecule has 0 aliphatic rings. The predicted molar refractivity (Wildman–Crippen MR) is 121 cm³/mol. The van der Waals surface area contributed by atoms with Crippen molar-refractivity contribution in [3.8, 4) is 0 Å². The first kappa shape index (κ1) is 24.7. The first-order valence-corrected chi connectivity index (χ1v) is 8.97. The van der Waals surface area contributed by atoms with Crippen LogP contribution in [0.4, 0.5) is 0 Å². The Bertz CT molecular complexity index is 565. The van der Waals surface area contributed by atoms with Gasteiger partial charge in [0.2, 0.25) is 0 Å². The molecule has 0 aliphatic heterocycles. The molecule has 1 aromatic rings. The quantitative estimate of drug-likeness (QED) is 0.291. The molecule has 0 spiro atoms. The number of nitrogens with one attached hydrogen (secondary N) is 3. The second-order valence-corrected chi connectivity index (χ2v) is 6.19. The molecule has 1 aromatic carbocycles. The summed E-state index contributed by atoms with van der Waals surface area (Å²) in [6.07, 6.45) is 1.98. The average Bonchev–Trinajstić information content (AvgIpc) is 2.65. The van der Waals surface area contributed by atoms with Crippen LogP contribution in [0.2, 0.25) is 0 Å². The minimum absolute atomic E-state index is 0. The van der Waals surface area contributed by atoms with Gasteiger partial charge in [-0.3, -0.25) is 9.79 Å². The molecule has 1 atom stereocenters. The minimum Gasteiger partial charge on any atom is -0.356 e. The third kappa shape index (κ3) is 8.84. The molecule has 0 bridgehead atoms. The Hall–Kier alpha value is -1.35. The molecule has 1 amide bonds. The summed E-state index contributed by atoms with van der Waals surface area (Å²) in [4.78, 5) is 18.3. The van der Waals surface area contributed by atoms with E-state index in [-0.39, 0.29) is 29.9 Å². The van der Waals surface area contributed by atoms with Crippen LogP contribution in [0.1, 0.15) is 36.2 Å². The van der Waals surface area contributed by atoms with Crippen LogP contribution in [0.25, 0.3) is 0 Å². The molecule has 0 saturated carbocycles. The van der Waals surface area contributed by atoms with Crippen molar-refractivity contribution in [1.82, 2.24) is 20.9 Å². The molecule has 26 heavy (non-hydrogen) atoms. The molecule has 3 N–H and O–H groups in total. The van der Waals surface area contributed by atoms with Gasteiger partial charge in [0, 0.05) is 45.3 Å². The maximum absolute atomic E-state index is 11.7. The largest absolute Gasteiger partial charge is 0.356 e. The number of hydrogen-bond acceptors (Lipinski definition) is 3. The Balaban J connectivity index is 0.00000625. The highest BCUT2D eigenvalue weighted by Crippen LogP contribution is 2.05. The summed E-state index contributed by atoms with van der Waals surface area (Å²) in [5.41, 5.74) is 1.82. The van der Waals surface area contributed by atoms with Crippen molar-refractivity contribution >= 4 is 35.8 Å². The summed E-state index contributed by atoms with van der Waals surface area (Å²) in [6, 6.07) is 8.29. The van der Waals surface area contributed by atoms with Crippen LogP contribution in [-0.4, -0.2) is 63.6 Å². The van der Waals surface area contributed by atoms with Crippen LogP contribution < -0.4 is 16.0 Å². The van der Waals surface area contributed by atoms with Crippen molar-refractivity contribution in [2.24, 2.45) is 4.99 Å². The van der Waals surface area contributed by atoms with Crippen LogP contribution in [0.5, 0.6) is 0 Å². The Morgan fingerprint density at radius 3 is 2.58 bits per heavy atom. The van der Waals surface area contributed by atoms with Crippen molar-refractivity contribution in [2.75, 3.05) is 40.8 Å². The van der Waals surface area contributed by atoms with Gasteiger partial charge in [0.15, 0.2) is 5.96 Å². The fourth-order valence-corrected chi connectivity index (χ4v) is 2.44. The zero-order chi connectivity index (χ0) is 18.7. The fraction of sp³-hybridized carbons (Fsp3) is 0.579. The number of benzene rings is 1. The summed E-state index contributed by atoms with van der Waals surface area (Å²) in [6.45, 7) is 7.03. The molecule has 6 nitrogen and oxygen atoms in total. The van der Waals surface area contributed by atoms with Gasteiger partial charge in [0.1, 0.15) is 0 Å². The fourth-order valence-electron chi connectivity index (χ4n) is 2.44. The lowest BCUT2D eigenvalue weighted by Gasteiger charge is -2.24. The normalized spacial score (nSPS) is 12.3. The molecule has 148 valence electrons.